The zero-order valence-electron chi connectivity index (χ0n) is 17.8. The number of aromatic nitrogens is 1. The quantitative estimate of drug-likeness (QED) is 0.490. The molecule has 1 aliphatic heterocycles. The molecule has 4 rings (SSSR count). The first-order valence-corrected chi connectivity index (χ1v) is 11.6. The van der Waals surface area contributed by atoms with Gasteiger partial charge in [-0.1, -0.05) is 57.6 Å². The number of hydrogen-bond donors (Lipinski definition) is 0. The Morgan fingerprint density at radius 2 is 1.94 bits per heavy atom. The molecule has 0 aliphatic carbocycles. The SMILES string of the molecule is CCOC(=O)C1=C(C)N=c2s/c(=C/c3ccc(Br)cc3)c(=O)n2C1c1ccccc1OC. The van der Waals surface area contributed by atoms with E-state index in [-0.39, 0.29) is 12.2 Å². The second-order valence-electron chi connectivity index (χ2n) is 7.10. The molecule has 0 fully saturated rings. The van der Waals surface area contributed by atoms with Gasteiger partial charge in [0.15, 0.2) is 4.80 Å². The number of benzene rings is 2. The third kappa shape index (κ3) is 4.08. The van der Waals surface area contributed by atoms with Gasteiger partial charge in [0.05, 0.1) is 29.5 Å². The average molecular weight is 513 g/mol. The average Bonchev–Trinajstić information content (AvgIpc) is 3.09. The van der Waals surface area contributed by atoms with Crippen LogP contribution in [-0.2, 0) is 9.53 Å². The molecule has 2 aromatic carbocycles. The maximum absolute atomic E-state index is 13.6. The number of methoxy groups -OCH3 is 1. The summed E-state index contributed by atoms with van der Waals surface area (Å²) in [5.41, 5.74) is 2.23. The second-order valence-corrected chi connectivity index (χ2v) is 9.02. The number of ether oxygens (including phenoxy) is 2. The predicted molar refractivity (Wildman–Crippen MR) is 128 cm³/mol. The van der Waals surface area contributed by atoms with E-state index in [4.69, 9.17) is 9.47 Å². The maximum atomic E-state index is 13.6. The number of hydrogen-bond acceptors (Lipinski definition) is 6. The molecule has 1 atom stereocenters. The van der Waals surface area contributed by atoms with Crippen molar-refractivity contribution in [3.8, 4) is 5.75 Å². The number of rotatable bonds is 5. The van der Waals surface area contributed by atoms with Crippen LogP contribution in [0.25, 0.3) is 6.08 Å². The molecule has 2 heterocycles. The van der Waals surface area contributed by atoms with Crippen molar-refractivity contribution in [1.29, 1.82) is 0 Å². The summed E-state index contributed by atoms with van der Waals surface area (Å²) in [7, 11) is 1.57. The Morgan fingerprint density at radius 3 is 2.62 bits per heavy atom. The number of thiazole rings is 1. The fourth-order valence-electron chi connectivity index (χ4n) is 3.69. The zero-order chi connectivity index (χ0) is 22.8. The van der Waals surface area contributed by atoms with Gasteiger partial charge in [-0.2, -0.15) is 0 Å². The third-order valence-corrected chi connectivity index (χ3v) is 6.63. The minimum atomic E-state index is -0.700. The van der Waals surface area contributed by atoms with Crippen molar-refractivity contribution in [1.82, 2.24) is 4.57 Å². The summed E-state index contributed by atoms with van der Waals surface area (Å²) in [5.74, 6) is 0.0864. The van der Waals surface area contributed by atoms with Gasteiger partial charge in [-0.25, -0.2) is 9.79 Å². The van der Waals surface area contributed by atoms with E-state index in [1.807, 2.05) is 54.6 Å². The first-order chi connectivity index (χ1) is 15.4. The number of halogens is 1. The zero-order valence-corrected chi connectivity index (χ0v) is 20.2. The molecule has 1 aromatic heterocycles. The van der Waals surface area contributed by atoms with E-state index in [2.05, 4.69) is 20.9 Å². The molecule has 6 nitrogen and oxygen atoms in total. The molecular formula is C24H21BrN2O4S. The van der Waals surface area contributed by atoms with Gasteiger partial charge in [-0.3, -0.25) is 9.36 Å². The van der Waals surface area contributed by atoms with Gasteiger partial charge < -0.3 is 9.47 Å². The summed E-state index contributed by atoms with van der Waals surface area (Å²) in [6.07, 6.45) is 1.83. The highest BCUT2D eigenvalue weighted by Crippen LogP contribution is 2.35. The highest BCUT2D eigenvalue weighted by Gasteiger charge is 2.34. The van der Waals surface area contributed by atoms with Crippen LogP contribution in [0.5, 0.6) is 5.75 Å². The lowest BCUT2D eigenvalue weighted by atomic mass is 9.95. The molecule has 0 bridgehead atoms. The lowest BCUT2D eigenvalue weighted by molar-refractivity contribution is -0.139. The molecule has 8 heteroatoms. The molecule has 1 aliphatic rings. The van der Waals surface area contributed by atoms with Crippen LogP contribution >= 0.6 is 27.3 Å². The maximum Gasteiger partial charge on any atom is 0.338 e. The van der Waals surface area contributed by atoms with E-state index < -0.39 is 12.0 Å². The summed E-state index contributed by atoms with van der Waals surface area (Å²) in [6.45, 7) is 3.74. The van der Waals surface area contributed by atoms with Crippen LogP contribution in [0, 0.1) is 0 Å². The normalized spacial score (nSPS) is 15.9. The van der Waals surface area contributed by atoms with Crippen molar-refractivity contribution in [2.75, 3.05) is 13.7 Å². The summed E-state index contributed by atoms with van der Waals surface area (Å²) < 4.78 is 13.9. The molecule has 0 saturated carbocycles. The lowest BCUT2D eigenvalue weighted by Crippen LogP contribution is -2.40. The van der Waals surface area contributed by atoms with Crippen molar-refractivity contribution < 1.29 is 14.3 Å². The highest BCUT2D eigenvalue weighted by atomic mass is 79.9. The van der Waals surface area contributed by atoms with Crippen molar-refractivity contribution in [2.24, 2.45) is 4.99 Å². The Balaban J connectivity index is 1.98. The highest BCUT2D eigenvalue weighted by molar-refractivity contribution is 9.10. The van der Waals surface area contributed by atoms with Crippen LogP contribution in [0.15, 0.2) is 74.1 Å². The topological polar surface area (TPSA) is 69.9 Å². The number of allylic oxidation sites excluding steroid dienone is 1. The monoisotopic (exact) mass is 512 g/mol. The van der Waals surface area contributed by atoms with Gasteiger partial charge in [0.1, 0.15) is 11.8 Å². The molecule has 1 unspecified atom stereocenters. The minimum absolute atomic E-state index is 0.220. The number of nitrogens with zero attached hydrogens (tertiary/aromatic N) is 2. The predicted octanol–water partition coefficient (Wildman–Crippen LogP) is 3.57. The molecule has 0 amide bonds. The summed E-state index contributed by atoms with van der Waals surface area (Å²) >= 11 is 4.72. The molecule has 0 saturated heterocycles. The van der Waals surface area contributed by atoms with E-state index in [0.29, 0.717) is 31.9 Å². The first kappa shape index (κ1) is 22.2. The van der Waals surface area contributed by atoms with Gasteiger partial charge in [-0.05, 0) is 43.7 Å². The number of esters is 1. The molecule has 0 spiro atoms. The largest absolute Gasteiger partial charge is 0.496 e. The van der Waals surface area contributed by atoms with Crippen molar-refractivity contribution in [3.63, 3.8) is 0 Å². The van der Waals surface area contributed by atoms with Gasteiger partial charge in [0.2, 0.25) is 0 Å². The number of fused-ring (bicyclic) bond motifs is 1. The van der Waals surface area contributed by atoms with E-state index in [1.165, 1.54) is 11.3 Å². The first-order valence-electron chi connectivity index (χ1n) is 10.0. The van der Waals surface area contributed by atoms with Crippen LogP contribution in [0.1, 0.15) is 31.0 Å². The van der Waals surface area contributed by atoms with E-state index in [9.17, 15) is 9.59 Å². The third-order valence-electron chi connectivity index (χ3n) is 5.12. The summed E-state index contributed by atoms with van der Waals surface area (Å²) in [5, 5.41) is 0. The van der Waals surface area contributed by atoms with Gasteiger partial charge >= 0.3 is 5.97 Å². The van der Waals surface area contributed by atoms with E-state index in [1.54, 1.807) is 25.5 Å². The van der Waals surface area contributed by atoms with E-state index in [0.717, 1.165) is 10.0 Å². The summed E-state index contributed by atoms with van der Waals surface area (Å²) in [6, 6.07) is 14.4. The van der Waals surface area contributed by atoms with Gasteiger partial charge in [-0.15, -0.1) is 0 Å². The van der Waals surface area contributed by atoms with Gasteiger partial charge in [0.25, 0.3) is 5.56 Å². The molecule has 0 N–H and O–H groups in total. The van der Waals surface area contributed by atoms with Crippen molar-refractivity contribution in [2.45, 2.75) is 19.9 Å². The van der Waals surface area contributed by atoms with E-state index >= 15 is 0 Å². The Bertz CT molecular complexity index is 1390. The summed E-state index contributed by atoms with van der Waals surface area (Å²) in [4.78, 5) is 31.6. The van der Waals surface area contributed by atoms with Crippen LogP contribution < -0.4 is 19.6 Å². The number of carbonyl (C=O) groups is 1. The molecule has 3 aromatic rings. The Hall–Kier alpha value is -2.97. The van der Waals surface area contributed by atoms with Crippen LogP contribution in [-0.4, -0.2) is 24.3 Å². The lowest BCUT2D eigenvalue weighted by Gasteiger charge is -2.25. The van der Waals surface area contributed by atoms with Crippen LogP contribution in [0.4, 0.5) is 0 Å². The Morgan fingerprint density at radius 1 is 1.22 bits per heavy atom. The second kappa shape index (κ2) is 9.26. The molecular weight excluding hydrogens is 492 g/mol. The smallest absolute Gasteiger partial charge is 0.338 e. The van der Waals surface area contributed by atoms with Crippen molar-refractivity contribution in [3.05, 3.63) is 95.1 Å². The Kier molecular flexibility index (Phi) is 6.43. The standard InChI is InChI=1S/C24H21BrN2O4S/c1-4-31-23(29)20-14(2)26-24-27(21(20)17-7-5-6-8-18(17)30-3)22(28)19(32-24)13-15-9-11-16(25)12-10-15/h5-13,21H,4H2,1-3H3/b19-13+. The van der Waals surface area contributed by atoms with Crippen LogP contribution in [0.3, 0.4) is 0 Å². The number of para-hydroxylation sites is 1. The number of carbonyl (C=O) groups excluding carboxylic acids is 1. The fraction of sp³-hybridized carbons (Fsp3) is 0.208. The Labute approximate surface area is 197 Å². The molecule has 32 heavy (non-hydrogen) atoms. The minimum Gasteiger partial charge on any atom is -0.496 e. The fourth-order valence-corrected chi connectivity index (χ4v) is 5.00. The van der Waals surface area contributed by atoms with Crippen molar-refractivity contribution >= 4 is 39.3 Å². The molecule has 0 radical (unpaired) electrons. The van der Waals surface area contributed by atoms with Crippen LogP contribution in [0.2, 0.25) is 0 Å². The van der Waals surface area contributed by atoms with Gasteiger partial charge in [0, 0.05) is 10.0 Å². The molecule has 164 valence electrons.